The van der Waals surface area contributed by atoms with Gasteiger partial charge in [-0.3, -0.25) is 19.9 Å². The third-order valence-electron chi connectivity index (χ3n) is 21.2. The minimum Gasteiger partial charge on any atom is -0.492 e. The molecule has 13 rings (SSSR count). The second-order valence-electron chi connectivity index (χ2n) is 29.2. The molecule has 0 saturated carbocycles. The molecule has 11 aromatic rings. The number of aromatic amines is 2. The second kappa shape index (κ2) is 37.7. The second-order valence-corrected chi connectivity index (χ2v) is 29.2. The number of hydrogen-bond acceptors (Lipinski definition) is 14. The zero-order chi connectivity index (χ0) is 74.6. The molecule has 2 N–H and O–H groups in total. The van der Waals surface area contributed by atoms with Gasteiger partial charge >= 0.3 is 0 Å². The molecule has 16 nitrogen and oxygen atoms in total. The highest BCUT2D eigenvalue weighted by Gasteiger charge is 2.38. The molecule has 108 heavy (non-hydrogen) atoms. The fourth-order valence-electron chi connectivity index (χ4n) is 15.5. The fourth-order valence-corrected chi connectivity index (χ4v) is 15.5. The molecule has 9 heterocycles. The quantitative estimate of drug-likeness (QED) is 0.0344. The van der Waals surface area contributed by atoms with Crippen LogP contribution in [0.25, 0.3) is 134 Å². The van der Waals surface area contributed by atoms with Crippen LogP contribution in [0.3, 0.4) is 0 Å². The molecule has 0 fully saturated rings. The molecule has 0 amide bonds. The van der Waals surface area contributed by atoms with Crippen molar-refractivity contribution in [2.45, 2.75) is 235 Å². The molecule has 16 heteroatoms. The highest BCUT2D eigenvalue weighted by molar-refractivity contribution is 6.19. The summed E-state index contributed by atoms with van der Waals surface area (Å²) >= 11 is 0. The molecular weight excluding hydrogens is 1340 g/mol. The van der Waals surface area contributed by atoms with Gasteiger partial charge in [0.05, 0.1) is 48.3 Å². The highest BCUT2D eigenvalue weighted by Crippen LogP contribution is 2.59. The normalized spacial score (nSPS) is 11.8. The van der Waals surface area contributed by atoms with Gasteiger partial charge in [0.25, 0.3) is 0 Å². The van der Waals surface area contributed by atoms with E-state index in [0.29, 0.717) is 117 Å². The fraction of sp³-hybridized carbons (Fsp3) is 0.435. The van der Waals surface area contributed by atoms with Crippen LogP contribution in [0.5, 0.6) is 23.0 Å². The van der Waals surface area contributed by atoms with Crippen molar-refractivity contribution in [3.05, 3.63) is 145 Å². The summed E-state index contributed by atoms with van der Waals surface area (Å²) in [5.74, 6) is 4.43. The average molecular weight is 1450 g/mol. The molecular formula is C92H110N12O4. The summed E-state index contributed by atoms with van der Waals surface area (Å²) in [5.41, 5.74) is 17.4. The van der Waals surface area contributed by atoms with E-state index in [4.69, 9.17) is 48.9 Å². The van der Waals surface area contributed by atoms with Gasteiger partial charge in [-0.1, -0.05) is 182 Å². The number of nitrogens with one attached hydrogen (secondary N) is 2. The largest absolute Gasteiger partial charge is 0.492 e. The van der Waals surface area contributed by atoms with Gasteiger partial charge < -0.3 is 28.9 Å². The molecule has 4 aromatic carbocycles. The van der Waals surface area contributed by atoms with Gasteiger partial charge in [0.15, 0.2) is 23.3 Å². The standard InChI is InChI=1S/C92H110N12O4/c1-9-17-25-29-33-61-37-39-63(35-31-27-19-11-3)75-73(61)85-97-86-74-62(34-30-26-18-10-2)38-40-64(36-32-28-20-12-4)76(74)88(99-86)101-90-78-80(84(108-60-24-16-8)72(68-47-55-96-56-48-68)70(66-43-51-94-52-44-66)82(78)106-58-22-14-6)92(103-90)104-91-79-77(89(102-91)100-87(75)98-85)81(105-57-21-13-5)69(65-41-49-93-50-42-65)71(67-45-53-95-54-46-67)83(79)107-59-23-15-7/h37-56H,9-36,57-60H2,1-8H3,(H2,97,98,99,100,101,102,103,104). The Morgan fingerprint density at radius 3 is 0.778 bits per heavy atom. The third-order valence-corrected chi connectivity index (χ3v) is 21.2. The lowest BCUT2D eigenvalue weighted by molar-refractivity contribution is 0.305. The van der Waals surface area contributed by atoms with Gasteiger partial charge in [0, 0.05) is 93.7 Å². The van der Waals surface area contributed by atoms with E-state index in [1.807, 2.05) is 49.6 Å². The van der Waals surface area contributed by atoms with E-state index in [-0.39, 0.29) is 0 Å². The third kappa shape index (κ3) is 16.7. The van der Waals surface area contributed by atoms with Crippen molar-refractivity contribution in [3.8, 4) is 113 Å². The summed E-state index contributed by atoms with van der Waals surface area (Å²) < 4.78 is 30.1. The topological polar surface area (TPSA) is 197 Å². The highest BCUT2D eigenvalue weighted by atomic mass is 16.5. The number of aryl methyl sites for hydroxylation is 4. The van der Waals surface area contributed by atoms with E-state index in [1.165, 1.54) is 22.3 Å². The van der Waals surface area contributed by atoms with Crippen LogP contribution in [-0.2, 0) is 25.7 Å². The van der Waals surface area contributed by atoms with Crippen LogP contribution in [0.4, 0.5) is 0 Å². The number of pyridine rings is 4. The summed E-state index contributed by atoms with van der Waals surface area (Å²) in [5, 5.41) is 3.48. The SMILES string of the molecule is CCCCCCc1ccc(CCCCCC)c2c1-c1nc-2nc2[nH]c(nc3nc(nc4[nH]c(n1)c1c(CCCCCC)ccc(CCCCCC)c41)-c1c(OCCCC)c(-c4ccncc4)c(-c4ccncc4)c(OCCCC)c1-3)c1c(OCCCC)c(-c3ccncc3)c(-c3ccncc3)c(OCCCC)c21. The zero-order valence-electron chi connectivity index (χ0n) is 65.3. The Hall–Kier alpha value is -9.96. The van der Waals surface area contributed by atoms with Crippen LogP contribution in [0, 0.1) is 0 Å². The molecule has 0 spiro atoms. The van der Waals surface area contributed by atoms with E-state index in [9.17, 15) is 0 Å². The molecule has 0 unspecified atom stereocenters. The molecule has 8 bridgehead atoms. The van der Waals surface area contributed by atoms with Crippen molar-refractivity contribution < 1.29 is 18.9 Å². The molecule has 2 aliphatic rings. The first-order valence-electron chi connectivity index (χ1n) is 41.1. The molecule has 0 atom stereocenters. The molecule has 0 radical (unpaired) electrons. The first kappa shape index (κ1) is 76.2. The van der Waals surface area contributed by atoms with Gasteiger partial charge in [-0.05, 0) is 170 Å². The van der Waals surface area contributed by atoms with Crippen LogP contribution in [0.15, 0.2) is 122 Å². The van der Waals surface area contributed by atoms with Crippen LogP contribution in [-0.4, -0.2) is 86.2 Å². The van der Waals surface area contributed by atoms with E-state index in [0.717, 1.165) is 246 Å². The van der Waals surface area contributed by atoms with Crippen LogP contribution in [0.1, 0.15) is 232 Å². The van der Waals surface area contributed by atoms with Gasteiger partial charge in [0.1, 0.15) is 45.6 Å². The summed E-state index contributed by atoms with van der Waals surface area (Å²) in [6, 6.07) is 26.0. The summed E-state index contributed by atoms with van der Waals surface area (Å²) in [6.07, 6.45) is 42.7. The maximum atomic E-state index is 7.53. The van der Waals surface area contributed by atoms with Crippen molar-refractivity contribution in [2.75, 3.05) is 26.4 Å². The van der Waals surface area contributed by atoms with Gasteiger partial charge in [-0.2, -0.15) is 0 Å². The average Bonchev–Trinajstić information content (AvgIpc) is 1.51. The number of unbranched alkanes of at least 4 members (excludes halogenated alkanes) is 16. The maximum absolute atomic E-state index is 7.53. The first-order valence-corrected chi connectivity index (χ1v) is 41.1. The van der Waals surface area contributed by atoms with Crippen molar-refractivity contribution in [1.82, 2.24) is 59.8 Å². The Morgan fingerprint density at radius 2 is 0.481 bits per heavy atom. The Balaban J connectivity index is 1.32. The number of nitrogens with zero attached hydrogens (tertiary/aromatic N) is 10. The van der Waals surface area contributed by atoms with Gasteiger partial charge in [-0.25, -0.2) is 29.9 Å². The number of rotatable bonds is 40. The van der Waals surface area contributed by atoms with Crippen molar-refractivity contribution in [2.24, 2.45) is 0 Å². The number of aromatic nitrogens is 12. The van der Waals surface area contributed by atoms with Gasteiger partial charge in [0.2, 0.25) is 0 Å². The van der Waals surface area contributed by atoms with Gasteiger partial charge in [-0.15, -0.1) is 0 Å². The lowest BCUT2D eigenvalue weighted by Gasteiger charge is -2.24. The number of benzene rings is 4. The number of fused-ring (bicyclic) bond motifs is 20. The number of hydrogen-bond donors (Lipinski definition) is 2. The predicted octanol–water partition coefficient (Wildman–Crippen LogP) is 24.3. The Morgan fingerprint density at radius 1 is 0.231 bits per heavy atom. The van der Waals surface area contributed by atoms with Crippen molar-refractivity contribution >= 4 is 44.1 Å². The van der Waals surface area contributed by atoms with E-state index in [1.54, 1.807) is 0 Å². The Kier molecular flexibility index (Phi) is 26.6. The maximum Gasteiger partial charge on any atom is 0.168 e. The number of ether oxygens (including phenoxy) is 4. The first-order chi connectivity index (χ1) is 53.4. The van der Waals surface area contributed by atoms with E-state index >= 15 is 0 Å². The lowest BCUT2D eigenvalue weighted by atomic mass is 9.88. The number of H-pyrrole nitrogens is 2. The monoisotopic (exact) mass is 1450 g/mol. The van der Waals surface area contributed by atoms with Crippen LogP contribution < -0.4 is 18.9 Å². The zero-order valence-corrected chi connectivity index (χ0v) is 65.3. The lowest BCUT2D eigenvalue weighted by Crippen LogP contribution is -2.07. The molecule has 2 aliphatic heterocycles. The molecule has 7 aromatic heterocycles. The van der Waals surface area contributed by atoms with Crippen LogP contribution >= 0.6 is 0 Å². The molecule has 0 aliphatic carbocycles. The Bertz CT molecular complexity index is 5000. The van der Waals surface area contributed by atoms with E-state index in [2.05, 4.69) is 158 Å². The van der Waals surface area contributed by atoms with Crippen LogP contribution in [0.2, 0.25) is 0 Å². The summed E-state index contributed by atoms with van der Waals surface area (Å²) in [7, 11) is 0. The smallest absolute Gasteiger partial charge is 0.168 e. The summed E-state index contributed by atoms with van der Waals surface area (Å²) in [6.45, 7) is 19.6. The minimum atomic E-state index is 0.365. The van der Waals surface area contributed by atoms with Crippen molar-refractivity contribution in [1.29, 1.82) is 0 Å². The Labute approximate surface area is 638 Å². The minimum absolute atomic E-state index is 0.365. The van der Waals surface area contributed by atoms with E-state index < -0.39 is 0 Å². The predicted molar refractivity (Wildman–Crippen MR) is 442 cm³/mol. The molecule has 0 saturated heterocycles. The molecule has 562 valence electrons. The summed E-state index contributed by atoms with van der Waals surface area (Å²) in [4.78, 5) is 62.6. The van der Waals surface area contributed by atoms with Crippen molar-refractivity contribution in [3.63, 3.8) is 0 Å².